The summed E-state index contributed by atoms with van der Waals surface area (Å²) in [5.41, 5.74) is 13.9. The number of para-hydroxylation sites is 2. The van der Waals surface area contributed by atoms with E-state index in [4.69, 9.17) is 20.9 Å². The van der Waals surface area contributed by atoms with E-state index >= 15 is 0 Å². The standard InChI is InChI=1S/C24H36N6O2.HI/c1-31-21-13-7-5-11-19(21)17-29-23(25)27-15-9-3-4-10-16-28-24(26)30-18-20-12-6-8-14-22(20)32-2;/h5-8,11-14H,3-4,9-10,15-18H2,1-2H3,(H3,25,27,29)(H3,26,28,30);1H. The van der Waals surface area contributed by atoms with E-state index in [9.17, 15) is 0 Å². The van der Waals surface area contributed by atoms with Crippen molar-refractivity contribution in [2.75, 3.05) is 27.3 Å². The number of rotatable bonds is 13. The molecule has 0 fully saturated rings. The van der Waals surface area contributed by atoms with Gasteiger partial charge >= 0.3 is 0 Å². The number of methoxy groups -OCH3 is 2. The smallest absolute Gasteiger partial charge is 0.188 e. The number of ether oxygens (including phenoxy) is 2. The number of guanidine groups is 2. The maximum atomic E-state index is 5.95. The van der Waals surface area contributed by atoms with Gasteiger partial charge in [-0.15, -0.1) is 24.0 Å². The molecule has 182 valence electrons. The Bertz CT molecular complexity index is 804. The first-order valence-electron chi connectivity index (χ1n) is 11.0. The number of unbranched alkanes of at least 4 members (excludes halogenated alkanes) is 3. The Morgan fingerprint density at radius 1 is 0.697 bits per heavy atom. The average molecular weight is 569 g/mol. The molecule has 9 heteroatoms. The first-order chi connectivity index (χ1) is 15.6. The number of hydrogen-bond acceptors (Lipinski definition) is 4. The number of hydrogen-bond donors (Lipinski definition) is 4. The predicted molar refractivity (Wildman–Crippen MR) is 147 cm³/mol. The van der Waals surface area contributed by atoms with Crippen molar-refractivity contribution in [2.24, 2.45) is 21.5 Å². The predicted octanol–water partition coefficient (Wildman–Crippen LogP) is 3.39. The molecule has 0 unspecified atom stereocenters. The Morgan fingerprint density at radius 3 is 1.48 bits per heavy atom. The van der Waals surface area contributed by atoms with Gasteiger partial charge in [0, 0.05) is 24.2 Å². The van der Waals surface area contributed by atoms with Gasteiger partial charge in [0.25, 0.3) is 0 Å². The quantitative estimate of drug-likeness (QED) is 0.127. The third-order valence-corrected chi connectivity index (χ3v) is 4.94. The van der Waals surface area contributed by atoms with Gasteiger partial charge in [0.2, 0.25) is 0 Å². The van der Waals surface area contributed by atoms with Gasteiger partial charge in [0.1, 0.15) is 11.5 Å². The van der Waals surface area contributed by atoms with Gasteiger partial charge in [-0.05, 0) is 25.0 Å². The monoisotopic (exact) mass is 568 g/mol. The summed E-state index contributed by atoms with van der Waals surface area (Å²) >= 11 is 0. The molecular weight excluding hydrogens is 531 g/mol. The Labute approximate surface area is 214 Å². The molecule has 0 amide bonds. The Morgan fingerprint density at radius 2 is 1.09 bits per heavy atom. The molecule has 6 N–H and O–H groups in total. The van der Waals surface area contributed by atoms with E-state index in [-0.39, 0.29) is 24.0 Å². The molecule has 0 aliphatic rings. The number of halogens is 1. The van der Waals surface area contributed by atoms with Crippen LogP contribution < -0.4 is 31.6 Å². The molecule has 0 radical (unpaired) electrons. The van der Waals surface area contributed by atoms with Crippen LogP contribution in [0.2, 0.25) is 0 Å². The van der Waals surface area contributed by atoms with Gasteiger partial charge < -0.3 is 31.6 Å². The third-order valence-electron chi connectivity index (χ3n) is 4.94. The van der Waals surface area contributed by atoms with Crippen molar-refractivity contribution >= 4 is 35.9 Å². The highest BCUT2D eigenvalue weighted by molar-refractivity contribution is 14.0. The first-order valence-corrected chi connectivity index (χ1v) is 11.0. The molecule has 0 aliphatic carbocycles. The van der Waals surface area contributed by atoms with Crippen LogP contribution >= 0.6 is 24.0 Å². The van der Waals surface area contributed by atoms with Crippen LogP contribution in [0.3, 0.4) is 0 Å². The fourth-order valence-electron chi connectivity index (χ4n) is 3.16. The van der Waals surface area contributed by atoms with Crippen molar-refractivity contribution in [3.63, 3.8) is 0 Å². The van der Waals surface area contributed by atoms with Gasteiger partial charge in [-0.2, -0.15) is 0 Å². The van der Waals surface area contributed by atoms with Crippen molar-refractivity contribution in [3.05, 3.63) is 59.7 Å². The van der Waals surface area contributed by atoms with E-state index in [0.717, 1.165) is 61.4 Å². The summed E-state index contributed by atoms with van der Waals surface area (Å²) in [7, 11) is 3.31. The number of aliphatic imine (C=N–C) groups is 2. The van der Waals surface area contributed by atoms with Crippen LogP contribution in [0, 0.1) is 0 Å². The van der Waals surface area contributed by atoms with Crippen molar-refractivity contribution < 1.29 is 9.47 Å². The molecule has 0 spiro atoms. The van der Waals surface area contributed by atoms with Crippen LogP contribution in [0.1, 0.15) is 36.8 Å². The van der Waals surface area contributed by atoms with E-state index in [1.165, 1.54) is 0 Å². The summed E-state index contributed by atoms with van der Waals surface area (Å²) in [6.07, 6.45) is 4.27. The third kappa shape index (κ3) is 11.1. The van der Waals surface area contributed by atoms with E-state index in [0.29, 0.717) is 25.0 Å². The highest BCUT2D eigenvalue weighted by Gasteiger charge is 2.02. The molecule has 2 aromatic carbocycles. The summed E-state index contributed by atoms with van der Waals surface area (Å²) in [5, 5.41) is 6.33. The molecule has 0 bridgehead atoms. The molecule has 0 aromatic heterocycles. The molecule has 8 nitrogen and oxygen atoms in total. The fourth-order valence-corrected chi connectivity index (χ4v) is 3.16. The molecular formula is C24H37IN6O2. The number of nitrogens with one attached hydrogen (secondary N) is 2. The van der Waals surface area contributed by atoms with Crippen LogP contribution in [-0.4, -0.2) is 39.2 Å². The second-order valence-electron chi connectivity index (χ2n) is 7.29. The lowest BCUT2D eigenvalue weighted by Crippen LogP contribution is -2.33. The number of nitrogens with two attached hydrogens (primary N) is 2. The minimum atomic E-state index is 0. The van der Waals surface area contributed by atoms with Gasteiger partial charge in [0.15, 0.2) is 11.9 Å². The van der Waals surface area contributed by atoms with Gasteiger partial charge in [-0.25, -0.2) is 9.98 Å². The zero-order valence-corrected chi connectivity index (χ0v) is 21.9. The second kappa shape index (κ2) is 16.9. The molecule has 0 atom stereocenters. The van der Waals surface area contributed by atoms with Crippen LogP contribution in [0.15, 0.2) is 58.5 Å². The van der Waals surface area contributed by atoms with E-state index in [2.05, 4.69) is 20.6 Å². The Kier molecular flexibility index (Phi) is 14.5. The van der Waals surface area contributed by atoms with Crippen LogP contribution in [0.25, 0.3) is 0 Å². The summed E-state index contributed by atoms with van der Waals surface area (Å²) in [6.45, 7) is 2.59. The van der Waals surface area contributed by atoms with Crippen molar-refractivity contribution in [3.8, 4) is 11.5 Å². The molecule has 2 rings (SSSR count). The van der Waals surface area contributed by atoms with E-state index in [1.807, 2.05) is 48.5 Å². The van der Waals surface area contributed by atoms with Crippen LogP contribution in [0.4, 0.5) is 0 Å². The molecule has 0 saturated carbocycles. The minimum absolute atomic E-state index is 0. The summed E-state index contributed by atoms with van der Waals surface area (Å²) in [6, 6.07) is 15.6. The second-order valence-corrected chi connectivity index (χ2v) is 7.29. The largest absolute Gasteiger partial charge is 0.496 e. The highest BCUT2D eigenvalue weighted by Crippen LogP contribution is 2.18. The molecule has 0 heterocycles. The maximum Gasteiger partial charge on any atom is 0.188 e. The Balaban J connectivity index is 0.00000544. The normalized spacial score (nSPS) is 11.5. The zero-order valence-electron chi connectivity index (χ0n) is 19.5. The minimum Gasteiger partial charge on any atom is -0.496 e. The summed E-state index contributed by atoms with van der Waals surface area (Å²) < 4.78 is 10.6. The number of benzene rings is 2. The molecule has 2 aromatic rings. The molecule has 0 saturated heterocycles. The maximum absolute atomic E-state index is 5.95. The fraction of sp³-hybridized carbons (Fsp3) is 0.417. The average Bonchev–Trinajstić information content (AvgIpc) is 2.83. The van der Waals surface area contributed by atoms with Crippen molar-refractivity contribution in [2.45, 2.75) is 38.8 Å². The summed E-state index contributed by atoms with van der Waals surface area (Å²) in [5.74, 6) is 2.56. The lowest BCUT2D eigenvalue weighted by molar-refractivity contribution is 0.410. The van der Waals surface area contributed by atoms with E-state index in [1.54, 1.807) is 14.2 Å². The SMILES string of the molecule is COc1ccccc1CN=C(N)NCCCCCCNC(N)=NCc1ccccc1OC.I. The lowest BCUT2D eigenvalue weighted by atomic mass is 10.2. The van der Waals surface area contributed by atoms with Gasteiger partial charge in [0.05, 0.1) is 27.3 Å². The summed E-state index contributed by atoms with van der Waals surface area (Å²) in [4.78, 5) is 8.76. The lowest BCUT2D eigenvalue weighted by Gasteiger charge is -2.09. The highest BCUT2D eigenvalue weighted by atomic mass is 127. The molecule has 33 heavy (non-hydrogen) atoms. The van der Waals surface area contributed by atoms with Gasteiger partial charge in [-0.3, -0.25) is 0 Å². The van der Waals surface area contributed by atoms with E-state index < -0.39 is 0 Å². The van der Waals surface area contributed by atoms with Crippen molar-refractivity contribution in [1.82, 2.24) is 10.6 Å². The van der Waals surface area contributed by atoms with Crippen LogP contribution in [0.5, 0.6) is 11.5 Å². The van der Waals surface area contributed by atoms with Crippen molar-refractivity contribution in [1.29, 1.82) is 0 Å². The van der Waals surface area contributed by atoms with Gasteiger partial charge in [-0.1, -0.05) is 49.2 Å². The Hall–Kier alpha value is -2.69. The molecule has 0 aliphatic heterocycles. The first kappa shape index (κ1) is 28.3. The topological polar surface area (TPSA) is 119 Å². The number of nitrogens with zero attached hydrogens (tertiary/aromatic N) is 2. The zero-order chi connectivity index (χ0) is 23.0. The van der Waals surface area contributed by atoms with Crippen LogP contribution in [-0.2, 0) is 13.1 Å².